The van der Waals surface area contributed by atoms with Gasteiger partial charge in [-0.1, -0.05) is 0 Å². The smallest absolute Gasteiger partial charge is 0.364 e. The van der Waals surface area contributed by atoms with Crippen LogP contribution in [-0.4, -0.2) is 88.5 Å². The summed E-state index contributed by atoms with van der Waals surface area (Å²) in [5.41, 5.74) is 0. The number of rotatable bonds is 6. The highest BCUT2D eigenvalue weighted by atomic mass is 16.7. The third kappa shape index (κ3) is 3.09. The third-order valence-electron chi connectivity index (χ3n) is 3.48. The molecule has 9 nitrogen and oxygen atoms in total. The number of hydrogen-bond acceptors (Lipinski definition) is 8. The van der Waals surface area contributed by atoms with Gasteiger partial charge in [0.1, 0.15) is 18.3 Å². The van der Waals surface area contributed by atoms with Gasteiger partial charge in [-0.05, 0) is 7.05 Å². The van der Waals surface area contributed by atoms with Gasteiger partial charge in [0.05, 0.1) is 18.8 Å². The molecule has 1 rings (SSSR count). The minimum Gasteiger partial charge on any atom is -0.477 e. The molecule has 1 fully saturated rings. The van der Waals surface area contributed by atoms with Crippen LogP contribution in [0.5, 0.6) is 0 Å². The molecule has 1 saturated heterocycles. The van der Waals surface area contributed by atoms with Crippen molar-refractivity contribution >= 4 is 5.97 Å². The highest BCUT2D eigenvalue weighted by Gasteiger charge is 2.54. The molecule has 0 aromatic heterocycles. The molecule has 20 heavy (non-hydrogen) atoms. The van der Waals surface area contributed by atoms with Crippen molar-refractivity contribution in [3.05, 3.63) is 0 Å². The van der Waals surface area contributed by atoms with Gasteiger partial charge >= 0.3 is 5.97 Å². The van der Waals surface area contributed by atoms with Crippen LogP contribution in [0.3, 0.4) is 0 Å². The number of carboxylic acids is 1. The molecule has 0 aromatic rings. The Labute approximate surface area is 115 Å². The van der Waals surface area contributed by atoms with Crippen molar-refractivity contribution in [2.75, 3.05) is 20.8 Å². The Morgan fingerprint density at radius 2 is 2.15 bits per heavy atom. The van der Waals surface area contributed by atoms with E-state index in [-0.39, 0.29) is 6.42 Å². The molecular weight excluding hydrogens is 274 g/mol. The van der Waals surface area contributed by atoms with Crippen LogP contribution in [0.4, 0.5) is 0 Å². The Bertz CT molecular complexity index is 340. The van der Waals surface area contributed by atoms with Crippen LogP contribution in [-0.2, 0) is 14.3 Å². The fourth-order valence-electron chi connectivity index (χ4n) is 2.28. The normalized spacial score (nSPS) is 37.4. The first kappa shape index (κ1) is 17.2. The fourth-order valence-corrected chi connectivity index (χ4v) is 2.28. The lowest BCUT2D eigenvalue weighted by Crippen LogP contribution is -2.66. The minimum atomic E-state index is -2.12. The lowest BCUT2D eigenvalue weighted by atomic mass is 9.89. The number of aliphatic hydroxyl groups is 4. The largest absolute Gasteiger partial charge is 0.477 e. The van der Waals surface area contributed by atoms with Gasteiger partial charge in [-0.2, -0.15) is 0 Å². The Kier molecular flexibility index (Phi) is 5.83. The quantitative estimate of drug-likeness (QED) is 0.299. The van der Waals surface area contributed by atoms with Crippen LogP contribution in [0.1, 0.15) is 6.42 Å². The van der Waals surface area contributed by atoms with Crippen LogP contribution in [0.15, 0.2) is 0 Å². The SMILES string of the molecule is CNC1C(O)CC(OC)(C(=O)O)OC1C(O)C(O)CO. The highest BCUT2D eigenvalue weighted by Crippen LogP contribution is 2.32. The van der Waals surface area contributed by atoms with E-state index in [9.17, 15) is 25.2 Å². The summed E-state index contributed by atoms with van der Waals surface area (Å²) < 4.78 is 10.1. The Hall–Kier alpha value is -0.810. The van der Waals surface area contributed by atoms with Crippen molar-refractivity contribution in [1.82, 2.24) is 5.32 Å². The number of methoxy groups -OCH3 is 1. The maximum atomic E-state index is 11.3. The molecule has 9 heteroatoms. The second kappa shape index (κ2) is 6.76. The maximum absolute atomic E-state index is 11.3. The van der Waals surface area contributed by atoms with Gasteiger partial charge in [-0.15, -0.1) is 0 Å². The molecule has 0 radical (unpaired) electrons. The van der Waals surface area contributed by atoms with E-state index >= 15 is 0 Å². The van der Waals surface area contributed by atoms with Crippen LogP contribution >= 0.6 is 0 Å². The van der Waals surface area contributed by atoms with Gasteiger partial charge in [0, 0.05) is 13.5 Å². The number of aliphatic carboxylic acids is 1. The summed E-state index contributed by atoms with van der Waals surface area (Å²) in [5.74, 6) is -3.57. The van der Waals surface area contributed by atoms with Crippen molar-refractivity contribution in [2.45, 2.75) is 42.7 Å². The van der Waals surface area contributed by atoms with Crippen molar-refractivity contribution in [3.8, 4) is 0 Å². The van der Waals surface area contributed by atoms with Gasteiger partial charge in [0.25, 0.3) is 5.79 Å². The number of hydrogen-bond donors (Lipinski definition) is 6. The van der Waals surface area contributed by atoms with E-state index in [0.29, 0.717) is 0 Å². The molecule has 0 saturated carbocycles. The molecule has 6 atom stereocenters. The summed E-state index contributed by atoms with van der Waals surface area (Å²) in [6, 6.07) is -0.825. The zero-order valence-electron chi connectivity index (χ0n) is 11.3. The fraction of sp³-hybridized carbons (Fsp3) is 0.909. The Morgan fingerprint density at radius 1 is 1.55 bits per heavy atom. The predicted molar refractivity (Wildman–Crippen MR) is 64.8 cm³/mol. The first-order valence-corrected chi connectivity index (χ1v) is 6.11. The Morgan fingerprint density at radius 3 is 2.55 bits per heavy atom. The number of ether oxygens (including phenoxy) is 2. The number of carboxylic acid groups (broad SMARTS) is 1. The van der Waals surface area contributed by atoms with Crippen molar-refractivity contribution in [3.63, 3.8) is 0 Å². The molecule has 1 heterocycles. The van der Waals surface area contributed by atoms with Gasteiger partial charge in [0.2, 0.25) is 0 Å². The summed E-state index contributed by atoms with van der Waals surface area (Å²) in [4.78, 5) is 11.3. The van der Waals surface area contributed by atoms with Gasteiger partial charge in [-0.3, -0.25) is 0 Å². The molecule has 0 spiro atoms. The number of carbonyl (C=O) groups is 1. The topological polar surface area (TPSA) is 149 Å². The first-order valence-electron chi connectivity index (χ1n) is 6.11. The third-order valence-corrected chi connectivity index (χ3v) is 3.48. The summed E-state index contributed by atoms with van der Waals surface area (Å²) in [6.45, 7) is -0.736. The Balaban J connectivity index is 3.06. The standard InChI is InChI=1S/C11H21NO8/c1-12-7-5(14)3-11(19-2,10(17)18)20-9(7)8(16)6(15)4-13/h5-9,12-16H,3-4H2,1-2H3,(H,17,18). The monoisotopic (exact) mass is 295 g/mol. The molecule has 0 aromatic carbocycles. The minimum absolute atomic E-state index is 0.344. The molecule has 0 bridgehead atoms. The van der Waals surface area contributed by atoms with E-state index in [0.717, 1.165) is 7.11 Å². The van der Waals surface area contributed by atoms with E-state index in [1.807, 2.05) is 0 Å². The molecule has 118 valence electrons. The average molecular weight is 295 g/mol. The maximum Gasteiger partial charge on any atom is 0.364 e. The summed E-state index contributed by atoms with van der Waals surface area (Å²) in [5, 5.41) is 50.2. The van der Waals surface area contributed by atoms with Gasteiger partial charge < -0.3 is 40.3 Å². The second-order valence-electron chi connectivity index (χ2n) is 4.67. The molecular formula is C11H21NO8. The highest BCUT2D eigenvalue weighted by molar-refractivity contribution is 5.76. The number of likely N-dealkylation sites (N-methyl/N-ethyl adjacent to an activating group) is 1. The van der Waals surface area contributed by atoms with Crippen molar-refractivity contribution in [2.24, 2.45) is 0 Å². The van der Waals surface area contributed by atoms with Crippen LogP contribution in [0.25, 0.3) is 0 Å². The van der Waals surface area contributed by atoms with E-state index < -0.39 is 48.8 Å². The molecule has 6 unspecified atom stereocenters. The van der Waals surface area contributed by atoms with Gasteiger partial charge in [0.15, 0.2) is 0 Å². The molecule has 0 amide bonds. The van der Waals surface area contributed by atoms with Crippen LogP contribution in [0.2, 0.25) is 0 Å². The molecule has 6 N–H and O–H groups in total. The predicted octanol–water partition coefficient (Wildman–Crippen LogP) is -3.13. The van der Waals surface area contributed by atoms with E-state index in [4.69, 9.17) is 14.6 Å². The zero-order chi connectivity index (χ0) is 15.5. The first-order chi connectivity index (χ1) is 9.32. The molecule has 1 aliphatic heterocycles. The van der Waals surface area contributed by atoms with E-state index in [1.165, 1.54) is 7.05 Å². The lowest BCUT2D eigenvalue weighted by Gasteiger charge is -2.45. The number of aliphatic hydroxyl groups excluding tert-OH is 4. The second-order valence-corrected chi connectivity index (χ2v) is 4.67. The summed E-state index contributed by atoms with van der Waals surface area (Å²) >= 11 is 0. The van der Waals surface area contributed by atoms with Crippen molar-refractivity contribution < 1.29 is 39.8 Å². The van der Waals surface area contributed by atoms with Crippen LogP contribution < -0.4 is 5.32 Å². The number of nitrogens with one attached hydrogen (secondary N) is 1. The molecule has 1 aliphatic rings. The zero-order valence-corrected chi connectivity index (χ0v) is 11.3. The molecule has 0 aliphatic carbocycles. The van der Waals surface area contributed by atoms with Crippen LogP contribution in [0, 0.1) is 0 Å². The lowest BCUT2D eigenvalue weighted by molar-refractivity contribution is -0.304. The van der Waals surface area contributed by atoms with E-state index in [2.05, 4.69) is 5.32 Å². The summed E-state index contributed by atoms with van der Waals surface area (Å²) in [7, 11) is 2.59. The van der Waals surface area contributed by atoms with Gasteiger partial charge in [-0.25, -0.2) is 4.79 Å². The summed E-state index contributed by atoms with van der Waals surface area (Å²) in [6.07, 6.45) is -5.94. The van der Waals surface area contributed by atoms with Crippen molar-refractivity contribution in [1.29, 1.82) is 0 Å². The average Bonchev–Trinajstić information content (AvgIpc) is 2.44. The van der Waals surface area contributed by atoms with E-state index in [1.54, 1.807) is 0 Å².